The van der Waals surface area contributed by atoms with Crippen LogP contribution in [-0.4, -0.2) is 24.7 Å². The molecule has 80 valence electrons. The summed E-state index contributed by atoms with van der Waals surface area (Å²) in [5, 5.41) is 6.64. The maximum atomic E-state index is 5.11. The van der Waals surface area contributed by atoms with Gasteiger partial charge >= 0.3 is 0 Å². The molecule has 0 fully saturated rings. The Bertz CT molecular complexity index is 262. The Morgan fingerprint density at radius 2 is 2.43 bits per heavy atom. The fourth-order valence-electron chi connectivity index (χ4n) is 1.26. The van der Waals surface area contributed by atoms with Gasteiger partial charge in [-0.05, 0) is 13.3 Å². The van der Waals surface area contributed by atoms with E-state index in [1.807, 2.05) is 6.92 Å². The summed E-state index contributed by atoms with van der Waals surface area (Å²) in [6, 6.07) is 0.432. The van der Waals surface area contributed by atoms with Crippen molar-refractivity contribution in [3.63, 3.8) is 0 Å². The van der Waals surface area contributed by atoms with Gasteiger partial charge in [0.2, 0.25) is 0 Å². The van der Waals surface area contributed by atoms with Crippen LogP contribution in [0, 0.1) is 6.92 Å². The molecule has 0 bridgehead atoms. The van der Waals surface area contributed by atoms with Gasteiger partial charge in [-0.1, -0.05) is 6.92 Å². The minimum absolute atomic E-state index is 0.432. The maximum Gasteiger partial charge on any atom is 0.0897 e. The van der Waals surface area contributed by atoms with Gasteiger partial charge in [0.15, 0.2) is 0 Å². The van der Waals surface area contributed by atoms with Crippen LogP contribution in [0.5, 0.6) is 0 Å². The Morgan fingerprint density at radius 3 is 2.93 bits per heavy atom. The zero-order chi connectivity index (χ0) is 10.4. The van der Waals surface area contributed by atoms with E-state index in [2.05, 4.69) is 22.6 Å². The van der Waals surface area contributed by atoms with E-state index in [9.17, 15) is 0 Å². The molecule has 4 heteroatoms. The number of ether oxygens (including phenoxy) is 1. The topological polar surface area (TPSA) is 34.1 Å². The lowest BCUT2D eigenvalue weighted by Gasteiger charge is -2.14. The molecule has 0 amide bonds. The van der Waals surface area contributed by atoms with E-state index >= 15 is 0 Å². The molecule has 0 aromatic carbocycles. The van der Waals surface area contributed by atoms with E-state index in [0.717, 1.165) is 30.3 Å². The van der Waals surface area contributed by atoms with Gasteiger partial charge in [0.1, 0.15) is 0 Å². The van der Waals surface area contributed by atoms with Gasteiger partial charge in [-0.2, -0.15) is 0 Å². The Morgan fingerprint density at radius 1 is 1.64 bits per heavy atom. The van der Waals surface area contributed by atoms with Gasteiger partial charge in [-0.3, -0.25) is 0 Å². The lowest BCUT2D eigenvalue weighted by molar-refractivity contribution is 0.163. The van der Waals surface area contributed by atoms with Crippen molar-refractivity contribution >= 4 is 11.3 Å². The third kappa shape index (κ3) is 3.74. The first-order chi connectivity index (χ1) is 6.76. The van der Waals surface area contributed by atoms with Gasteiger partial charge in [-0.25, -0.2) is 4.98 Å². The first-order valence-corrected chi connectivity index (χ1v) is 5.77. The zero-order valence-electron chi connectivity index (χ0n) is 9.04. The maximum absolute atomic E-state index is 5.11. The number of aromatic nitrogens is 1. The molecule has 0 aliphatic heterocycles. The van der Waals surface area contributed by atoms with Crippen molar-refractivity contribution < 1.29 is 4.74 Å². The Labute approximate surface area is 89.5 Å². The van der Waals surface area contributed by atoms with E-state index in [0.29, 0.717) is 6.04 Å². The molecule has 0 aliphatic carbocycles. The SMILES string of the molecule is CCC(COC)NCc1csc(C)n1. The zero-order valence-corrected chi connectivity index (χ0v) is 9.86. The summed E-state index contributed by atoms with van der Waals surface area (Å²) in [5.41, 5.74) is 1.13. The number of hydrogen-bond donors (Lipinski definition) is 1. The van der Waals surface area contributed by atoms with Crippen molar-refractivity contribution in [3.05, 3.63) is 16.1 Å². The number of rotatable bonds is 6. The Hall–Kier alpha value is -0.450. The van der Waals surface area contributed by atoms with Crippen LogP contribution in [0.1, 0.15) is 24.0 Å². The Balaban J connectivity index is 2.31. The fraction of sp³-hybridized carbons (Fsp3) is 0.700. The second-order valence-corrected chi connectivity index (χ2v) is 4.36. The standard InChI is InChI=1S/C10H18N2OS/c1-4-9(6-13-3)11-5-10-7-14-8(2)12-10/h7,9,11H,4-6H2,1-3H3. The lowest BCUT2D eigenvalue weighted by Crippen LogP contribution is -2.32. The summed E-state index contributed by atoms with van der Waals surface area (Å²) in [7, 11) is 1.73. The van der Waals surface area contributed by atoms with Crippen LogP contribution in [0.25, 0.3) is 0 Å². The van der Waals surface area contributed by atoms with Crippen LogP contribution < -0.4 is 5.32 Å². The van der Waals surface area contributed by atoms with Crippen LogP contribution in [0.4, 0.5) is 0 Å². The first kappa shape index (κ1) is 11.6. The molecule has 1 rings (SSSR count). The molecule has 1 atom stereocenters. The largest absolute Gasteiger partial charge is 0.383 e. The molecule has 1 N–H and O–H groups in total. The number of aryl methyl sites for hydroxylation is 1. The van der Waals surface area contributed by atoms with Crippen molar-refractivity contribution in [1.82, 2.24) is 10.3 Å². The van der Waals surface area contributed by atoms with Gasteiger partial charge in [0, 0.05) is 25.1 Å². The highest BCUT2D eigenvalue weighted by Gasteiger charge is 2.05. The number of nitrogens with zero attached hydrogens (tertiary/aromatic N) is 1. The minimum Gasteiger partial charge on any atom is -0.383 e. The second kappa shape index (κ2) is 6.11. The fourth-order valence-corrected chi connectivity index (χ4v) is 1.87. The molecule has 0 aliphatic rings. The molecule has 1 aromatic heterocycles. The van der Waals surface area contributed by atoms with Crippen molar-refractivity contribution in [3.8, 4) is 0 Å². The summed E-state index contributed by atoms with van der Waals surface area (Å²) in [6.45, 7) is 5.79. The monoisotopic (exact) mass is 214 g/mol. The molecule has 1 heterocycles. The van der Waals surface area contributed by atoms with Crippen LogP contribution in [0.3, 0.4) is 0 Å². The van der Waals surface area contributed by atoms with Gasteiger partial charge in [0.25, 0.3) is 0 Å². The van der Waals surface area contributed by atoms with Crippen molar-refractivity contribution in [2.45, 2.75) is 32.9 Å². The number of thiazole rings is 1. The van der Waals surface area contributed by atoms with E-state index in [4.69, 9.17) is 4.74 Å². The summed E-state index contributed by atoms with van der Waals surface area (Å²) < 4.78 is 5.11. The van der Waals surface area contributed by atoms with E-state index in [1.165, 1.54) is 0 Å². The molecule has 3 nitrogen and oxygen atoms in total. The van der Waals surface area contributed by atoms with E-state index in [1.54, 1.807) is 18.4 Å². The molecule has 0 radical (unpaired) electrons. The molecule has 14 heavy (non-hydrogen) atoms. The molecular formula is C10H18N2OS. The molecule has 0 saturated heterocycles. The minimum atomic E-state index is 0.432. The predicted octanol–water partition coefficient (Wildman–Crippen LogP) is 1.97. The molecule has 0 spiro atoms. The smallest absolute Gasteiger partial charge is 0.0897 e. The summed E-state index contributed by atoms with van der Waals surface area (Å²) in [5.74, 6) is 0. The number of nitrogens with one attached hydrogen (secondary N) is 1. The highest BCUT2D eigenvalue weighted by molar-refractivity contribution is 7.09. The predicted molar refractivity (Wildman–Crippen MR) is 59.6 cm³/mol. The summed E-state index contributed by atoms with van der Waals surface area (Å²) >= 11 is 1.69. The summed E-state index contributed by atoms with van der Waals surface area (Å²) in [4.78, 5) is 4.39. The highest BCUT2D eigenvalue weighted by Crippen LogP contribution is 2.07. The third-order valence-electron chi connectivity index (χ3n) is 2.10. The molecule has 0 saturated carbocycles. The number of hydrogen-bond acceptors (Lipinski definition) is 4. The average Bonchev–Trinajstić information content (AvgIpc) is 2.59. The van der Waals surface area contributed by atoms with Gasteiger partial charge < -0.3 is 10.1 Å². The van der Waals surface area contributed by atoms with Crippen molar-refractivity contribution in [2.24, 2.45) is 0 Å². The van der Waals surface area contributed by atoms with Crippen LogP contribution in [0.15, 0.2) is 5.38 Å². The highest BCUT2D eigenvalue weighted by atomic mass is 32.1. The van der Waals surface area contributed by atoms with Crippen LogP contribution in [0.2, 0.25) is 0 Å². The number of methoxy groups -OCH3 is 1. The van der Waals surface area contributed by atoms with E-state index in [-0.39, 0.29) is 0 Å². The lowest BCUT2D eigenvalue weighted by atomic mass is 10.2. The molecular weight excluding hydrogens is 196 g/mol. The van der Waals surface area contributed by atoms with E-state index < -0.39 is 0 Å². The molecule has 1 aromatic rings. The van der Waals surface area contributed by atoms with Gasteiger partial charge in [0.05, 0.1) is 17.3 Å². The third-order valence-corrected chi connectivity index (χ3v) is 2.92. The van der Waals surface area contributed by atoms with Crippen molar-refractivity contribution in [2.75, 3.05) is 13.7 Å². The second-order valence-electron chi connectivity index (χ2n) is 3.30. The van der Waals surface area contributed by atoms with Gasteiger partial charge in [-0.15, -0.1) is 11.3 Å². The summed E-state index contributed by atoms with van der Waals surface area (Å²) in [6.07, 6.45) is 1.08. The normalized spacial score (nSPS) is 13.1. The molecule has 1 unspecified atom stereocenters. The Kier molecular flexibility index (Phi) is 5.07. The van der Waals surface area contributed by atoms with Crippen LogP contribution in [-0.2, 0) is 11.3 Å². The first-order valence-electron chi connectivity index (χ1n) is 4.89. The van der Waals surface area contributed by atoms with Crippen LogP contribution >= 0.6 is 11.3 Å². The quantitative estimate of drug-likeness (QED) is 0.786. The van der Waals surface area contributed by atoms with Crippen molar-refractivity contribution in [1.29, 1.82) is 0 Å². The average molecular weight is 214 g/mol.